The molecule has 0 saturated carbocycles. The molecule has 1 rings (SSSR count). The van der Waals surface area contributed by atoms with Crippen LogP contribution in [-0.2, 0) is 0 Å². The lowest BCUT2D eigenvalue weighted by Crippen LogP contribution is -2.02. The van der Waals surface area contributed by atoms with Crippen molar-refractivity contribution in [2.45, 2.75) is 4.90 Å². The fourth-order valence-electron chi connectivity index (χ4n) is 0.884. The molecule has 0 spiro atoms. The minimum Gasteiger partial charge on any atom is -0.491 e. The van der Waals surface area contributed by atoms with Gasteiger partial charge in [-0.25, -0.2) is 0 Å². The van der Waals surface area contributed by atoms with Gasteiger partial charge in [0.15, 0.2) is 0 Å². The zero-order valence-corrected chi connectivity index (χ0v) is 9.81. The fraction of sp³-hybridized carbons (Fsp3) is 0.222. The number of thioether (sulfide) groups is 1. The smallest absolute Gasteiger partial charge is 0.135 e. The predicted octanol–water partition coefficient (Wildman–Crippen LogP) is 1.56. The molecule has 1 aromatic carbocycles. The molecule has 0 aliphatic carbocycles. The lowest BCUT2D eigenvalue weighted by atomic mass is 10.3. The van der Waals surface area contributed by atoms with E-state index in [-0.39, 0.29) is 12.8 Å². The Balaban J connectivity index is 0.00000196. The zero-order valence-electron chi connectivity index (χ0n) is 8.18. The third kappa shape index (κ3) is 5.58. The number of benzene rings is 1. The first-order chi connectivity index (χ1) is 6.72. The highest BCUT2D eigenvalue weighted by Gasteiger charge is 1.97. The molecule has 0 radical (unpaired) electrons. The van der Waals surface area contributed by atoms with Gasteiger partial charge in [0.05, 0.1) is 6.61 Å². The molecule has 0 aliphatic rings. The van der Waals surface area contributed by atoms with Crippen LogP contribution in [0, 0.1) is 0 Å². The van der Waals surface area contributed by atoms with Gasteiger partial charge in [-0.05, 0) is 24.3 Å². The van der Waals surface area contributed by atoms with E-state index in [0.717, 1.165) is 10.6 Å². The molecule has 0 atom stereocenters. The molecule has 0 saturated heterocycles. The maximum Gasteiger partial charge on any atom is 0.135 e. The van der Waals surface area contributed by atoms with Crippen molar-refractivity contribution in [3.63, 3.8) is 0 Å². The highest BCUT2D eigenvalue weighted by atomic mass is 32.2. The first-order valence-electron chi connectivity index (χ1n) is 4.03. The Kier molecular flexibility index (Phi) is 7.06. The van der Waals surface area contributed by atoms with E-state index < -0.39 is 0 Å². The van der Waals surface area contributed by atoms with Gasteiger partial charge in [-0.15, -0.1) is 0 Å². The van der Waals surface area contributed by atoms with E-state index in [9.17, 15) is 0 Å². The van der Waals surface area contributed by atoms with Gasteiger partial charge in [-0.1, -0.05) is 24.0 Å². The summed E-state index contributed by atoms with van der Waals surface area (Å²) >= 11 is 6.09. The Morgan fingerprint density at radius 1 is 1.40 bits per heavy atom. The van der Waals surface area contributed by atoms with E-state index in [2.05, 4.69) is 0 Å². The molecule has 0 amide bonds. The van der Waals surface area contributed by atoms with E-state index in [0.29, 0.717) is 10.9 Å². The first kappa shape index (κ1) is 14.2. The monoisotopic (exact) mass is 246 g/mol. The van der Waals surface area contributed by atoms with Crippen LogP contribution in [0.4, 0.5) is 0 Å². The average molecular weight is 246 g/mol. The molecule has 0 unspecified atom stereocenters. The number of ether oxygens (including phenoxy) is 1. The van der Waals surface area contributed by atoms with Crippen LogP contribution >= 0.6 is 24.0 Å². The van der Waals surface area contributed by atoms with Crippen molar-refractivity contribution in [2.24, 2.45) is 5.73 Å². The van der Waals surface area contributed by atoms with E-state index in [1.807, 2.05) is 24.3 Å². The van der Waals surface area contributed by atoms with Gasteiger partial charge in [-0.2, -0.15) is 0 Å². The quantitative estimate of drug-likeness (QED) is 0.551. The maximum atomic E-state index is 8.54. The first-order valence-corrected chi connectivity index (χ1v) is 5.26. The van der Waals surface area contributed by atoms with Gasteiger partial charge in [0, 0.05) is 4.90 Å². The molecular weight excluding hydrogens is 232 g/mol. The third-order valence-corrected chi connectivity index (χ3v) is 2.36. The van der Waals surface area contributed by atoms with Crippen molar-refractivity contribution in [3.05, 3.63) is 24.3 Å². The van der Waals surface area contributed by atoms with Gasteiger partial charge in [0.1, 0.15) is 16.7 Å². The Hall–Kier alpha value is -0.820. The normalized spacial score (nSPS) is 9.13. The Bertz CT molecular complexity index is 303. The van der Waals surface area contributed by atoms with Gasteiger partial charge < -0.3 is 21.7 Å². The average Bonchev–Trinajstić information content (AvgIpc) is 2.16. The summed E-state index contributed by atoms with van der Waals surface area (Å²) in [6.07, 6.45) is 0. The number of thiocarbonyl (C=S) groups is 1. The van der Waals surface area contributed by atoms with Gasteiger partial charge in [-0.3, -0.25) is 0 Å². The van der Waals surface area contributed by atoms with E-state index in [4.69, 9.17) is 27.8 Å². The van der Waals surface area contributed by atoms with Crippen LogP contribution in [0.15, 0.2) is 29.2 Å². The number of hydrogen-bond acceptors (Lipinski definition) is 5. The standard InChI is InChI=1S/C9H11NO2S2.H3N/c10-9(13)14-8-3-1-7(2-4-8)12-6-5-11;/h1-4,11H,5-6H2,(H2,10,13);1H3. The molecule has 1 aromatic rings. The van der Waals surface area contributed by atoms with Crippen LogP contribution in [0.5, 0.6) is 5.75 Å². The predicted molar refractivity (Wildman–Crippen MR) is 66.7 cm³/mol. The van der Waals surface area contributed by atoms with Crippen molar-refractivity contribution in [2.75, 3.05) is 13.2 Å². The largest absolute Gasteiger partial charge is 0.491 e. The lowest BCUT2D eigenvalue weighted by Gasteiger charge is -2.04. The zero-order chi connectivity index (χ0) is 10.4. The van der Waals surface area contributed by atoms with E-state index in [1.165, 1.54) is 11.8 Å². The van der Waals surface area contributed by atoms with Crippen LogP contribution in [0.25, 0.3) is 0 Å². The van der Waals surface area contributed by atoms with E-state index in [1.54, 1.807) is 0 Å². The van der Waals surface area contributed by atoms with Crippen LogP contribution in [0.1, 0.15) is 0 Å². The summed E-state index contributed by atoms with van der Waals surface area (Å²) in [5.41, 5.74) is 5.37. The second-order valence-electron chi connectivity index (χ2n) is 2.46. The number of nitrogens with two attached hydrogens (primary N) is 1. The second-order valence-corrected chi connectivity index (χ2v) is 4.28. The van der Waals surface area contributed by atoms with Crippen LogP contribution < -0.4 is 16.6 Å². The number of aliphatic hydroxyl groups is 1. The number of aliphatic hydroxyl groups excluding tert-OH is 1. The molecule has 4 nitrogen and oxygen atoms in total. The second kappa shape index (κ2) is 7.47. The minimum absolute atomic E-state index is 0. The highest BCUT2D eigenvalue weighted by molar-refractivity contribution is 8.22. The molecule has 0 heterocycles. The van der Waals surface area contributed by atoms with Crippen LogP contribution in [0.3, 0.4) is 0 Å². The minimum atomic E-state index is 0. The summed E-state index contributed by atoms with van der Waals surface area (Å²) in [4.78, 5) is 0.980. The SMILES string of the molecule is N.NC(=S)Sc1ccc(OCCO)cc1. The molecule has 0 aromatic heterocycles. The van der Waals surface area contributed by atoms with Gasteiger partial charge >= 0.3 is 0 Å². The summed E-state index contributed by atoms with van der Waals surface area (Å²) < 4.78 is 5.59. The Morgan fingerprint density at radius 3 is 2.47 bits per heavy atom. The van der Waals surface area contributed by atoms with Crippen molar-refractivity contribution in [1.82, 2.24) is 6.15 Å². The van der Waals surface area contributed by atoms with Crippen molar-refractivity contribution in [3.8, 4) is 5.75 Å². The number of rotatable bonds is 4. The number of hydrogen-bond donors (Lipinski definition) is 3. The topological polar surface area (TPSA) is 90.5 Å². The molecule has 84 valence electrons. The summed E-state index contributed by atoms with van der Waals surface area (Å²) in [5, 5.41) is 8.54. The van der Waals surface area contributed by atoms with Crippen LogP contribution in [0.2, 0.25) is 0 Å². The van der Waals surface area contributed by atoms with Crippen LogP contribution in [-0.4, -0.2) is 22.6 Å². The summed E-state index contributed by atoms with van der Waals surface area (Å²) in [6.45, 7) is 0.325. The summed E-state index contributed by atoms with van der Waals surface area (Å²) in [5.74, 6) is 0.728. The third-order valence-electron chi connectivity index (χ3n) is 1.40. The van der Waals surface area contributed by atoms with Gasteiger partial charge in [0.2, 0.25) is 0 Å². The molecule has 0 bridgehead atoms. The lowest BCUT2D eigenvalue weighted by molar-refractivity contribution is 0.201. The molecule has 6 N–H and O–H groups in total. The molecule has 0 aliphatic heterocycles. The molecule has 0 fully saturated rings. The highest BCUT2D eigenvalue weighted by Crippen LogP contribution is 2.21. The Morgan fingerprint density at radius 2 is 2.00 bits per heavy atom. The fourth-order valence-corrected chi connectivity index (χ4v) is 1.68. The van der Waals surface area contributed by atoms with Crippen molar-refractivity contribution < 1.29 is 9.84 Å². The summed E-state index contributed by atoms with van der Waals surface area (Å²) in [7, 11) is 0. The Labute approximate surface area is 98.4 Å². The van der Waals surface area contributed by atoms with Gasteiger partial charge in [0.25, 0.3) is 0 Å². The van der Waals surface area contributed by atoms with E-state index >= 15 is 0 Å². The summed E-state index contributed by atoms with van der Waals surface area (Å²) in [6, 6.07) is 7.37. The van der Waals surface area contributed by atoms with Crippen molar-refractivity contribution in [1.29, 1.82) is 0 Å². The van der Waals surface area contributed by atoms with Crippen molar-refractivity contribution >= 4 is 28.3 Å². The maximum absolute atomic E-state index is 8.54. The molecule has 15 heavy (non-hydrogen) atoms. The molecule has 6 heteroatoms. The molecular formula is C9H14N2O2S2.